The van der Waals surface area contributed by atoms with Crippen molar-refractivity contribution < 1.29 is 0 Å². The Bertz CT molecular complexity index is 488. The molecule has 1 aromatic heterocycles. The van der Waals surface area contributed by atoms with E-state index in [0.29, 0.717) is 6.54 Å². The fourth-order valence-electron chi connectivity index (χ4n) is 1.69. The lowest BCUT2D eigenvalue weighted by atomic mass is 10.2. The van der Waals surface area contributed by atoms with Crippen molar-refractivity contribution in [1.29, 1.82) is 0 Å². The summed E-state index contributed by atoms with van der Waals surface area (Å²) in [7, 11) is 0. The average molecular weight is 294 g/mol. The third-order valence-electron chi connectivity index (χ3n) is 2.71. The predicted molar refractivity (Wildman–Crippen MR) is 73.4 cm³/mol. The largest absolute Gasteiger partial charge is 0.330 e. The molecule has 3 nitrogen and oxygen atoms in total. The van der Waals surface area contributed by atoms with Gasteiger partial charge in [-0.3, -0.25) is 0 Å². The average Bonchev–Trinajstić information content (AvgIpc) is 2.69. The first-order valence-electron chi connectivity index (χ1n) is 5.72. The number of nitrogens with two attached hydrogens (primary N) is 1. The summed E-state index contributed by atoms with van der Waals surface area (Å²) in [5.41, 5.74) is 9.04. The van der Waals surface area contributed by atoms with Gasteiger partial charge in [0.15, 0.2) is 0 Å². The summed E-state index contributed by atoms with van der Waals surface area (Å²) in [6.07, 6.45) is 3.85. The van der Waals surface area contributed by atoms with E-state index in [0.717, 1.165) is 23.1 Å². The summed E-state index contributed by atoms with van der Waals surface area (Å²) in [5.74, 6) is 0. The maximum Gasteiger partial charge on any atom is 0.113 e. The Morgan fingerprint density at radius 1 is 1.29 bits per heavy atom. The SMILES string of the molecule is Cc1ccc(-n2ncc(CCCN)c2Br)cc1. The van der Waals surface area contributed by atoms with Crippen molar-refractivity contribution in [3.8, 4) is 5.69 Å². The Labute approximate surface area is 110 Å². The highest BCUT2D eigenvalue weighted by Crippen LogP contribution is 2.22. The van der Waals surface area contributed by atoms with Crippen molar-refractivity contribution in [3.05, 3.63) is 46.2 Å². The molecule has 0 fully saturated rings. The molecule has 0 bridgehead atoms. The van der Waals surface area contributed by atoms with Crippen LogP contribution in [0.1, 0.15) is 17.5 Å². The fraction of sp³-hybridized carbons (Fsp3) is 0.308. The molecule has 0 atom stereocenters. The lowest BCUT2D eigenvalue weighted by Crippen LogP contribution is -2.01. The van der Waals surface area contributed by atoms with Crippen LogP contribution in [-0.2, 0) is 6.42 Å². The smallest absolute Gasteiger partial charge is 0.113 e. The van der Waals surface area contributed by atoms with Gasteiger partial charge in [0, 0.05) is 5.56 Å². The van der Waals surface area contributed by atoms with Crippen molar-refractivity contribution in [2.75, 3.05) is 6.54 Å². The predicted octanol–water partition coefficient (Wildman–Crippen LogP) is 2.83. The fourth-order valence-corrected chi connectivity index (χ4v) is 2.29. The molecule has 2 N–H and O–H groups in total. The van der Waals surface area contributed by atoms with Crippen LogP contribution in [-0.4, -0.2) is 16.3 Å². The van der Waals surface area contributed by atoms with Crippen LogP contribution in [0.25, 0.3) is 5.69 Å². The monoisotopic (exact) mass is 293 g/mol. The maximum atomic E-state index is 5.52. The molecule has 0 saturated carbocycles. The molecule has 1 aromatic carbocycles. The zero-order valence-corrected chi connectivity index (χ0v) is 11.4. The molecule has 17 heavy (non-hydrogen) atoms. The van der Waals surface area contributed by atoms with E-state index >= 15 is 0 Å². The van der Waals surface area contributed by atoms with E-state index in [4.69, 9.17) is 5.73 Å². The van der Waals surface area contributed by atoms with Crippen LogP contribution in [0.15, 0.2) is 35.1 Å². The third-order valence-corrected chi connectivity index (χ3v) is 3.55. The van der Waals surface area contributed by atoms with E-state index in [9.17, 15) is 0 Å². The van der Waals surface area contributed by atoms with Gasteiger partial charge in [0.2, 0.25) is 0 Å². The number of hydrogen-bond acceptors (Lipinski definition) is 2. The molecule has 0 radical (unpaired) electrons. The summed E-state index contributed by atoms with van der Waals surface area (Å²) in [5, 5.41) is 4.40. The van der Waals surface area contributed by atoms with E-state index in [-0.39, 0.29) is 0 Å². The van der Waals surface area contributed by atoms with Crippen LogP contribution >= 0.6 is 15.9 Å². The number of nitrogens with zero attached hydrogens (tertiary/aromatic N) is 2. The van der Waals surface area contributed by atoms with Gasteiger partial charge in [0.05, 0.1) is 11.9 Å². The Kier molecular flexibility index (Phi) is 3.97. The highest BCUT2D eigenvalue weighted by Gasteiger charge is 2.08. The van der Waals surface area contributed by atoms with Gasteiger partial charge in [-0.25, -0.2) is 4.68 Å². The first-order valence-corrected chi connectivity index (χ1v) is 6.51. The van der Waals surface area contributed by atoms with E-state index in [1.165, 1.54) is 11.1 Å². The number of aromatic nitrogens is 2. The van der Waals surface area contributed by atoms with Crippen LogP contribution in [0.3, 0.4) is 0 Å². The number of benzene rings is 1. The van der Waals surface area contributed by atoms with Crippen LogP contribution in [0.5, 0.6) is 0 Å². The molecule has 2 rings (SSSR count). The van der Waals surface area contributed by atoms with Gasteiger partial charge >= 0.3 is 0 Å². The van der Waals surface area contributed by atoms with Gasteiger partial charge in [0.25, 0.3) is 0 Å². The van der Waals surface area contributed by atoms with Crippen molar-refractivity contribution in [2.24, 2.45) is 5.73 Å². The summed E-state index contributed by atoms with van der Waals surface area (Å²) in [6.45, 7) is 2.79. The van der Waals surface area contributed by atoms with Crippen molar-refractivity contribution in [1.82, 2.24) is 9.78 Å². The highest BCUT2D eigenvalue weighted by molar-refractivity contribution is 9.10. The van der Waals surface area contributed by atoms with Crippen molar-refractivity contribution >= 4 is 15.9 Å². The minimum atomic E-state index is 0.710. The minimum Gasteiger partial charge on any atom is -0.330 e. The molecule has 0 spiro atoms. The highest BCUT2D eigenvalue weighted by atomic mass is 79.9. The van der Waals surface area contributed by atoms with Gasteiger partial charge in [0.1, 0.15) is 4.60 Å². The van der Waals surface area contributed by atoms with Gasteiger partial charge in [-0.2, -0.15) is 5.10 Å². The Morgan fingerprint density at radius 3 is 2.65 bits per heavy atom. The van der Waals surface area contributed by atoms with Crippen LogP contribution in [0, 0.1) is 6.92 Å². The molecular formula is C13H16BrN3. The van der Waals surface area contributed by atoms with Gasteiger partial charge in [-0.15, -0.1) is 0 Å². The molecule has 0 aliphatic heterocycles. The number of rotatable bonds is 4. The molecule has 0 aliphatic rings. The summed E-state index contributed by atoms with van der Waals surface area (Å²) >= 11 is 3.60. The Morgan fingerprint density at radius 2 is 2.00 bits per heavy atom. The second-order valence-electron chi connectivity index (χ2n) is 4.10. The number of aryl methyl sites for hydroxylation is 2. The van der Waals surface area contributed by atoms with Gasteiger partial charge in [-0.05, 0) is 54.4 Å². The molecule has 0 unspecified atom stereocenters. The quantitative estimate of drug-likeness (QED) is 0.942. The van der Waals surface area contributed by atoms with Crippen molar-refractivity contribution in [2.45, 2.75) is 19.8 Å². The first kappa shape index (κ1) is 12.3. The van der Waals surface area contributed by atoms with E-state index < -0.39 is 0 Å². The van der Waals surface area contributed by atoms with Crippen LogP contribution in [0.4, 0.5) is 0 Å². The Hall–Kier alpha value is -1.13. The van der Waals surface area contributed by atoms with E-state index in [2.05, 4.69) is 52.2 Å². The molecule has 1 heterocycles. The van der Waals surface area contributed by atoms with Crippen LogP contribution in [0.2, 0.25) is 0 Å². The zero-order chi connectivity index (χ0) is 12.3. The molecule has 0 saturated heterocycles. The van der Waals surface area contributed by atoms with E-state index in [1.807, 2.05) is 10.9 Å². The zero-order valence-electron chi connectivity index (χ0n) is 9.86. The number of hydrogen-bond donors (Lipinski definition) is 1. The maximum absolute atomic E-state index is 5.52. The molecular weight excluding hydrogens is 278 g/mol. The summed E-state index contributed by atoms with van der Waals surface area (Å²) < 4.78 is 2.93. The topological polar surface area (TPSA) is 43.8 Å². The van der Waals surface area contributed by atoms with Gasteiger partial charge < -0.3 is 5.73 Å². The standard InChI is InChI=1S/C13H16BrN3/c1-10-4-6-12(7-5-10)17-13(14)11(9-16-17)3-2-8-15/h4-7,9H,2-3,8,15H2,1H3. The minimum absolute atomic E-state index is 0.710. The molecule has 2 aromatic rings. The van der Waals surface area contributed by atoms with E-state index in [1.54, 1.807) is 0 Å². The summed E-state index contributed by atoms with van der Waals surface area (Å²) in [4.78, 5) is 0. The normalized spacial score (nSPS) is 10.8. The first-order chi connectivity index (χ1) is 8.22. The van der Waals surface area contributed by atoms with Crippen LogP contribution < -0.4 is 5.73 Å². The van der Waals surface area contributed by atoms with Gasteiger partial charge in [-0.1, -0.05) is 17.7 Å². The molecule has 4 heteroatoms. The number of halogens is 1. The Balaban J connectivity index is 2.27. The molecule has 90 valence electrons. The van der Waals surface area contributed by atoms with Crippen molar-refractivity contribution in [3.63, 3.8) is 0 Å². The summed E-state index contributed by atoms with van der Waals surface area (Å²) in [6, 6.07) is 8.31. The second-order valence-corrected chi connectivity index (χ2v) is 4.85. The third kappa shape index (κ3) is 2.76. The lowest BCUT2D eigenvalue weighted by Gasteiger charge is -2.04. The molecule has 0 aliphatic carbocycles. The lowest BCUT2D eigenvalue weighted by molar-refractivity contribution is 0.823. The second kappa shape index (κ2) is 5.47. The molecule has 0 amide bonds.